The number of aliphatic hydroxyl groups is 2. The van der Waals surface area contributed by atoms with Gasteiger partial charge in [-0.2, -0.15) is 0 Å². The fourth-order valence-corrected chi connectivity index (χ4v) is 14.5. The zero-order chi connectivity index (χ0) is 83.5. The predicted molar refractivity (Wildman–Crippen MR) is 441 cm³/mol. The quantitative estimate of drug-likeness (QED) is 0.0139. The topological polar surface area (TPSA) is 267 Å². The zero-order valence-electron chi connectivity index (χ0n) is 72.9. The lowest BCUT2D eigenvalue weighted by Gasteiger charge is -2.42. The first-order chi connectivity index (χ1) is 51.0. The Balaban J connectivity index is -0.00000202. The molecule has 0 unspecified atom stereocenters. The van der Waals surface area contributed by atoms with Gasteiger partial charge >= 0.3 is 23.9 Å². The summed E-state index contributed by atoms with van der Waals surface area (Å²) in [6.07, 6.45) is 3.42. The van der Waals surface area contributed by atoms with Gasteiger partial charge in [0.15, 0.2) is 28.8 Å². The normalized spacial score (nSPS) is 16.2. The van der Waals surface area contributed by atoms with Crippen LogP contribution in [-0.2, 0) is 113 Å². The number of carboxylic acid groups (broad SMARTS) is 1. The number of methoxy groups -OCH3 is 5. The van der Waals surface area contributed by atoms with Crippen molar-refractivity contribution in [3.05, 3.63) is 94.1 Å². The molecule has 0 fully saturated rings. The summed E-state index contributed by atoms with van der Waals surface area (Å²) in [7, 11) is 2.91. The van der Waals surface area contributed by atoms with E-state index in [9.17, 15) is 34.5 Å². The van der Waals surface area contributed by atoms with Gasteiger partial charge in [-0.3, -0.25) is 9.59 Å². The smallest absolute Gasteiger partial charge is 0.335 e. The average Bonchev–Trinajstić information content (AvgIpc) is 0.798. The number of esters is 3. The number of carbonyl (C=O) groups is 4. The summed E-state index contributed by atoms with van der Waals surface area (Å²) in [5, 5.41) is 32.9. The third-order valence-electron chi connectivity index (χ3n) is 21.1. The third-order valence-corrected chi connectivity index (χ3v) is 30.1. The van der Waals surface area contributed by atoms with Crippen molar-refractivity contribution in [2.45, 2.75) is 300 Å². The molecule has 0 heterocycles. The molecule has 0 saturated carbocycles. The number of hydrogen-bond acceptors (Lipinski definition) is 21. The Labute approximate surface area is 665 Å². The van der Waals surface area contributed by atoms with Crippen molar-refractivity contribution in [3.8, 4) is 0 Å². The molecule has 12 atom stereocenters. The molecule has 636 valence electrons. The van der Waals surface area contributed by atoms with E-state index in [1.165, 1.54) is 21.3 Å². The van der Waals surface area contributed by atoms with Gasteiger partial charge in [-0.15, -0.1) is 0 Å². The molecule has 0 radical (unpaired) electrons. The molecule has 24 heteroatoms. The Hall–Kier alpha value is -4.33. The fraction of sp³-hybridized carbons (Fsp3) is 0.765. The lowest BCUT2D eigenvalue weighted by molar-refractivity contribution is -0.167. The maximum Gasteiger partial charge on any atom is 0.335 e. The molecule has 0 aromatic heterocycles. The summed E-state index contributed by atoms with van der Waals surface area (Å²) < 4.78 is 95.1. The number of ether oxygens (including phenoxy) is 13. The lowest BCUT2D eigenvalue weighted by Crippen LogP contribution is -2.47. The molecular weight excluding hydrogens is 1430 g/mol. The summed E-state index contributed by atoms with van der Waals surface area (Å²) in [6, 6.07) is 16.1. The second-order valence-corrected chi connectivity index (χ2v) is 42.1. The summed E-state index contributed by atoms with van der Waals surface area (Å²) in [5.74, 6) is -2.44. The molecule has 0 aliphatic carbocycles. The second-order valence-electron chi connectivity index (χ2n) is 32.6. The molecule has 0 amide bonds. The molecule has 109 heavy (non-hydrogen) atoms. The van der Waals surface area contributed by atoms with Crippen molar-refractivity contribution in [1.29, 1.82) is 0 Å². The summed E-state index contributed by atoms with van der Waals surface area (Å²) in [6.45, 7) is 48.7. The van der Waals surface area contributed by atoms with E-state index in [0.717, 1.165) is 46.2 Å². The van der Waals surface area contributed by atoms with Crippen molar-refractivity contribution in [3.63, 3.8) is 0 Å². The molecule has 22 nitrogen and oxygen atoms in total. The van der Waals surface area contributed by atoms with Crippen LogP contribution in [0.5, 0.6) is 0 Å². The van der Waals surface area contributed by atoms with Crippen LogP contribution in [0.4, 0.5) is 0 Å². The maximum absolute atomic E-state index is 13.0. The molecule has 0 aliphatic heterocycles. The number of hydrogen-bond donors (Lipinski definition) is 3. The Kier molecular flexibility index (Phi) is 51.6. The lowest BCUT2D eigenvalue weighted by atomic mass is 9.76. The van der Waals surface area contributed by atoms with Crippen LogP contribution in [0.1, 0.15) is 216 Å². The summed E-state index contributed by atoms with van der Waals surface area (Å²) >= 11 is 0. The van der Waals surface area contributed by atoms with Crippen molar-refractivity contribution < 1.29 is 108 Å². The van der Waals surface area contributed by atoms with Crippen LogP contribution < -0.4 is 0 Å². The maximum atomic E-state index is 13.0. The van der Waals surface area contributed by atoms with Gasteiger partial charge in [-0.25, -0.2) is 9.59 Å². The monoisotopic (exact) mass is 1590 g/mol. The van der Waals surface area contributed by atoms with E-state index in [2.05, 4.69) is 134 Å². The Morgan fingerprint density at radius 3 is 1.18 bits per heavy atom. The van der Waals surface area contributed by atoms with E-state index < -0.39 is 88.2 Å². The molecule has 0 saturated heterocycles. The first-order valence-electron chi connectivity index (χ1n) is 39.5. The molecule has 2 rings (SSSR count). The van der Waals surface area contributed by atoms with Crippen molar-refractivity contribution in [2.24, 2.45) is 23.7 Å². The SMILES string of the molecule is C.C.CCC(=O)O[C@@H](C[C@@H](C[C@H](O)/C(C)=C\[C@@H](CC)COCOCCOC)O[Si](C)(C)C(C)(C)C)C(C)(C)c1cccc(C[C@@H](C)[C@H](OCOC)C(=O)O)c1.CCC(=O)O[C@@H](C[C@@H](C[C@H](O)/C(C)=C\[C@@H](CC)COCOCCOC)O[Si](C)(C)C(C)(C)C)C(C)(C)c1cccc(C[C@@H](C)[C@H](OCOC)C(=O)OC)c1.[2H][2H]. The largest absolute Gasteiger partial charge is 0.479 e. The standard InChI is InChI=1S/C42H74O11Si.C41H72O11Si.2CH4.H2/c1-15-32(27-50-29-49-21-20-46-10)22-30(3)36(43)25-35(53-54(13,14)41(5,6)7)26-37(52-38(44)16-2)42(8,9)34-19-17-18-33(24-34)23-31(4)39(40(45)48-12)51-28-47-11;1-14-31(26-49-28-48-20-19-46-10)21-29(3)35(42)24-34(52-53(12,13)40(5,6)7)25-36(51-37(43)15-2)41(8,9)33-18-16-17-32(23-33)22-30(4)38(39(44)45)50-27-47-11;;;/h17-19,22,24,31-32,35-37,39,43H,15-16,20-21,23,25-29H2,1-14H3;16-18,21,23,30-31,34-36,38,42H,14-15,19-20,22,24-28H2,1-13H3,(H,44,45);2*1H4;1H/b30-22-;29-21-;;;/t31-,32-,35-,36+,37+,39+;30-,31-,34-,35+,36+,38+;;;/m11.../s1/i;;;;1+1D. The highest BCUT2D eigenvalue weighted by molar-refractivity contribution is 6.74. The molecule has 0 spiro atoms. The van der Waals surface area contributed by atoms with E-state index in [0.29, 0.717) is 78.2 Å². The van der Waals surface area contributed by atoms with Crippen LogP contribution in [0, 0.1) is 23.7 Å². The average molecular weight is 1590 g/mol. The van der Waals surface area contributed by atoms with Gasteiger partial charge in [-0.05, 0) is 121 Å². The van der Waals surface area contributed by atoms with E-state index in [-0.39, 0.29) is 101 Å². The van der Waals surface area contributed by atoms with Crippen LogP contribution in [0.2, 0.25) is 36.3 Å². The molecule has 0 bridgehead atoms. The van der Waals surface area contributed by atoms with Crippen molar-refractivity contribution in [1.82, 2.24) is 0 Å². The first kappa shape index (κ1) is 105. The molecular formula is C85H156O22Si2. The molecule has 0 aliphatic rings. The number of carboxylic acids is 1. The third kappa shape index (κ3) is 39.0. The van der Waals surface area contributed by atoms with Gasteiger partial charge in [0.2, 0.25) is 0 Å². The number of aliphatic carboxylic acids is 1. The van der Waals surface area contributed by atoms with Gasteiger partial charge < -0.3 is 85.8 Å². The Bertz CT molecular complexity index is 2900. The molecule has 3 N–H and O–H groups in total. The number of rotatable bonds is 54. The van der Waals surface area contributed by atoms with E-state index in [1.807, 2.05) is 64.1 Å². The highest BCUT2D eigenvalue weighted by atomic mass is 28.4. The van der Waals surface area contributed by atoms with Gasteiger partial charge in [0.05, 0.1) is 71.2 Å². The highest BCUT2D eigenvalue weighted by Crippen LogP contribution is 2.43. The number of benzene rings is 2. The number of aliphatic hydroxyl groups excluding tert-OH is 2. The number of carbonyl (C=O) groups excluding carboxylic acids is 3. The molecule has 2 aromatic carbocycles. The van der Waals surface area contributed by atoms with Gasteiger partial charge in [-0.1, -0.05) is 186 Å². The summed E-state index contributed by atoms with van der Waals surface area (Å²) in [5.41, 5.74) is 4.25. The first-order valence-corrected chi connectivity index (χ1v) is 44.3. The van der Waals surface area contributed by atoms with Crippen LogP contribution in [0.3, 0.4) is 0 Å². The van der Waals surface area contributed by atoms with Crippen molar-refractivity contribution in [2.75, 3.05) is 102 Å². The zero-order valence-corrected chi connectivity index (χ0v) is 72.9. The van der Waals surface area contributed by atoms with Crippen LogP contribution >= 0.6 is 0 Å². The fourth-order valence-electron chi connectivity index (χ4n) is 11.7. The van der Waals surface area contributed by atoms with E-state index >= 15 is 0 Å². The van der Waals surface area contributed by atoms with Crippen LogP contribution in [-0.4, -0.2) is 207 Å². The van der Waals surface area contributed by atoms with Gasteiger partial charge in [0.25, 0.3) is 0 Å². The Morgan fingerprint density at radius 2 is 0.872 bits per heavy atom. The van der Waals surface area contributed by atoms with Gasteiger partial charge in [0.1, 0.15) is 39.4 Å². The van der Waals surface area contributed by atoms with Crippen LogP contribution in [0.25, 0.3) is 0 Å². The summed E-state index contributed by atoms with van der Waals surface area (Å²) in [4.78, 5) is 50.5. The Morgan fingerprint density at radius 1 is 0.514 bits per heavy atom. The van der Waals surface area contributed by atoms with E-state index in [1.54, 1.807) is 28.1 Å². The molecule has 2 aromatic rings. The minimum absolute atomic E-state index is 0. The minimum Gasteiger partial charge on any atom is -0.479 e. The predicted octanol–water partition coefficient (Wildman–Crippen LogP) is 17.0. The highest BCUT2D eigenvalue weighted by Gasteiger charge is 2.45. The van der Waals surface area contributed by atoms with E-state index in [4.69, 9.17) is 73.4 Å². The second kappa shape index (κ2) is 53.7. The minimum atomic E-state index is -2.33. The van der Waals surface area contributed by atoms with Crippen molar-refractivity contribution >= 4 is 40.5 Å². The van der Waals surface area contributed by atoms with Crippen LogP contribution in [0.15, 0.2) is 71.8 Å². The van der Waals surface area contributed by atoms with Gasteiger partial charge in [0, 0.05) is 92.6 Å².